The third-order valence-corrected chi connectivity index (χ3v) is 3.38. The van der Waals surface area contributed by atoms with Gasteiger partial charge >= 0.3 is 5.97 Å². The summed E-state index contributed by atoms with van der Waals surface area (Å²) in [4.78, 5) is 25.1. The highest BCUT2D eigenvalue weighted by Gasteiger charge is 2.17. The Morgan fingerprint density at radius 3 is 2.72 bits per heavy atom. The average molecular weight is 267 g/mol. The van der Waals surface area contributed by atoms with Gasteiger partial charge in [0.2, 0.25) is 0 Å². The van der Waals surface area contributed by atoms with E-state index in [4.69, 9.17) is 5.11 Å². The van der Waals surface area contributed by atoms with E-state index in [0.29, 0.717) is 17.0 Å². The maximum absolute atomic E-state index is 12.2. The number of amides is 1. The summed E-state index contributed by atoms with van der Waals surface area (Å²) in [7, 11) is 0. The fourth-order valence-electron chi connectivity index (χ4n) is 1.60. The van der Waals surface area contributed by atoms with Gasteiger partial charge in [-0.3, -0.25) is 4.79 Å². The molecule has 1 amide bonds. The normalized spacial score (nSPS) is 10.8. The minimum absolute atomic E-state index is 0.0283. The second-order valence-electron chi connectivity index (χ2n) is 3.76. The summed E-state index contributed by atoms with van der Waals surface area (Å²) < 4.78 is 0. The molecular weight excluding hydrogens is 250 g/mol. The maximum Gasteiger partial charge on any atom is 0.328 e. The van der Waals surface area contributed by atoms with Crippen molar-refractivity contribution in [2.45, 2.75) is 20.3 Å². The minimum Gasteiger partial charge on any atom is -0.478 e. The Balaban J connectivity index is 2.92. The van der Waals surface area contributed by atoms with Gasteiger partial charge in [-0.05, 0) is 36.4 Å². The average Bonchev–Trinajstić information content (AvgIpc) is 2.80. The standard InChI is InChI=1S/C13H17NO3S/c1-3-8-14(4-2)13(17)12-10(7-9-18-12)5-6-11(15)16/h5-7,9H,3-4,8H2,1-2H3,(H,15,16). The van der Waals surface area contributed by atoms with Crippen molar-refractivity contribution >= 4 is 29.3 Å². The molecule has 98 valence electrons. The van der Waals surface area contributed by atoms with Crippen LogP contribution >= 0.6 is 11.3 Å². The summed E-state index contributed by atoms with van der Waals surface area (Å²) in [5.74, 6) is -1.04. The lowest BCUT2D eigenvalue weighted by Crippen LogP contribution is -2.31. The zero-order valence-corrected chi connectivity index (χ0v) is 11.4. The lowest BCUT2D eigenvalue weighted by atomic mass is 10.2. The first-order chi connectivity index (χ1) is 8.60. The first-order valence-electron chi connectivity index (χ1n) is 5.87. The molecule has 0 saturated carbocycles. The van der Waals surface area contributed by atoms with E-state index in [1.54, 1.807) is 16.3 Å². The number of carbonyl (C=O) groups is 2. The zero-order chi connectivity index (χ0) is 13.5. The number of hydrogen-bond donors (Lipinski definition) is 1. The molecule has 0 fully saturated rings. The molecule has 1 aromatic heterocycles. The Bertz CT molecular complexity index is 451. The van der Waals surface area contributed by atoms with Crippen LogP contribution in [0.15, 0.2) is 17.5 Å². The molecule has 0 aromatic carbocycles. The highest BCUT2D eigenvalue weighted by Crippen LogP contribution is 2.20. The second kappa shape index (κ2) is 6.96. The van der Waals surface area contributed by atoms with Crippen LogP contribution in [0, 0.1) is 0 Å². The molecular formula is C13H17NO3S. The summed E-state index contributed by atoms with van der Waals surface area (Å²) >= 11 is 1.34. The summed E-state index contributed by atoms with van der Waals surface area (Å²) in [6, 6.07) is 1.76. The fraction of sp³-hybridized carbons (Fsp3) is 0.385. The van der Waals surface area contributed by atoms with Crippen molar-refractivity contribution in [2.24, 2.45) is 0 Å². The van der Waals surface area contributed by atoms with Crippen LogP contribution in [0.2, 0.25) is 0 Å². The lowest BCUT2D eigenvalue weighted by Gasteiger charge is -2.19. The van der Waals surface area contributed by atoms with Gasteiger partial charge in [-0.2, -0.15) is 0 Å². The molecule has 0 radical (unpaired) electrons. The molecule has 1 N–H and O–H groups in total. The van der Waals surface area contributed by atoms with Crippen LogP contribution in [0.25, 0.3) is 6.08 Å². The van der Waals surface area contributed by atoms with Crippen molar-refractivity contribution in [1.29, 1.82) is 0 Å². The van der Waals surface area contributed by atoms with Crippen LogP contribution in [-0.4, -0.2) is 35.0 Å². The Morgan fingerprint density at radius 1 is 1.44 bits per heavy atom. The van der Waals surface area contributed by atoms with Crippen LogP contribution < -0.4 is 0 Å². The largest absolute Gasteiger partial charge is 0.478 e. The van der Waals surface area contributed by atoms with E-state index in [-0.39, 0.29) is 5.91 Å². The number of nitrogens with zero attached hydrogens (tertiary/aromatic N) is 1. The van der Waals surface area contributed by atoms with E-state index >= 15 is 0 Å². The van der Waals surface area contributed by atoms with E-state index < -0.39 is 5.97 Å². The lowest BCUT2D eigenvalue weighted by molar-refractivity contribution is -0.131. The van der Waals surface area contributed by atoms with Crippen LogP contribution in [0.1, 0.15) is 35.5 Å². The summed E-state index contributed by atoms with van der Waals surface area (Å²) in [6.45, 7) is 5.34. The third-order valence-electron chi connectivity index (χ3n) is 2.46. The smallest absolute Gasteiger partial charge is 0.328 e. The molecule has 18 heavy (non-hydrogen) atoms. The third kappa shape index (κ3) is 3.70. The van der Waals surface area contributed by atoms with Gasteiger partial charge in [0.25, 0.3) is 5.91 Å². The van der Waals surface area contributed by atoms with E-state index in [9.17, 15) is 9.59 Å². The van der Waals surface area contributed by atoms with Crippen molar-refractivity contribution in [3.63, 3.8) is 0 Å². The monoisotopic (exact) mass is 267 g/mol. The molecule has 0 saturated heterocycles. The van der Waals surface area contributed by atoms with E-state index in [1.807, 2.05) is 13.8 Å². The van der Waals surface area contributed by atoms with Crippen LogP contribution in [0.4, 0.5) is 0 Å². The van der Waals surface area contributed by atoms with Gasteiger partial charge in [-0.1, -0.05) is 6.92 Å². The van der Waals surface area contributed by atoms with Crippen molar-refractivity contribution in [1.82, 2.24) is 4.90 Å². The molecule has 0 aliphatic heterocycles. The van der Waals surface area contributed by atoms with Crippen molar-refractivity contribution in [3.05, 3.63) is 28.0 Å². The molecule has 0 aliphatic carbocycles. The first-order valence-corrected chi connectivity index (χ1v) is 6.75. The van der Waals surface area contributed by atoms with Gasteiger partial charge < -0.3 is 10.0 Å². The SMILES string of the molecule is CCCN(CC)C(=O)c1sccc1C=CC(=O)O. The number of rotatable bonds is 6. The molecule has 0 unspecified atom stereocenters. The summed E-state index contributed by atoms with van der Waals surface area (Å²) in [5, 5.41) is 10.4. The predicted molar refractivity (Wildman–Crippen MR) is 72.9 cm³/mol. The van der Waals surface area contributed by atoms with Gasteiger partial charge in [-0.15, -0.1) is 11.3 Å². The fourth-order valence-corrected chi connectivity index (χ4v) is 2.45. The first kappa shape index (κ1) is 14.4. The topological polar surface area (TPSA) is 57.6 Å². The summed E-state index contributed by atoms with van der Waals surface area (Å²) in [5.41, 5.74) is 0.668. The molecule has 0 bridgehead atoms. The van der Waals surface area contributed by atoms with Crippen LogP contribution in [0.3, 0.4) is 0 Å². The molecule has 0 aliphatic rings. The Labute approximate surface area is 111 Å². The Morgan fingerprint density at radius 2 is 2.17 bits per heavy atom. The number of hydrogen-bond acceptors (Lipinski definition) is 3. The molecule has 1 heterocycles. The number of carbonyl (C=O) groups excluding carboxylic acids is 1. The molecule has 5 heteroatoms. The van der Waals surface area contributed by atoms with Crippen molar-refractivity contribution in [3.8, 4) is 0 Å². The highest BCUT2D eigenvalue weighted by molar-refractivity contribution is 7.12. The quantitative estimate of drug-likeness (QED) is 0.806. The second-order valence-corrected chi connectivity index (χ2v) is 4.68. The van der Waals surface area contributed by atoms with E-state index in [1.165, 1.54) is 17.4 Å². The van der Waals surface area contributed by atoms with Crippen molar-refractivity contribution in [2.75, 3.05) is 13.1 Å². The molecule has 1 rings (SSSR count). The minimum atomic E-state index is -1.01. The van der Waals surface area contributed by atoms with Crippen molar-refractivity contribution < 1.29 is 14.7 Å². The van der Waals surface area contributed by atoms with Gasteiger partial charge in [0.15, 0.2) is 0 Å². The van der Waals surface area contributed by atoms with Gasteiger partial charge in [0.05, 0.1) is 4.88 Å². The van der Waals surface area contributed by atoms with Gasteiger partial charge in [0.1, 0.15) is 0 Å². The molecule has 4 nitrogen and oxygen atoms in total. The highest BCUT2D eigenvalue weighted by atomic mass is 32.1. The number of carboxylic acid groups (broad SMARTS) is 1. The van der Waals surface area contributed by atoms with E-state index in [0.717, 1.165) is 19.0 Å². The number of aliphatic carboxylic acids is 1. The molecule has 0 atom stereocenters. The van der Waals surface area contributed by atoms with Gasteiger partial charge in [0, 0.05) is 19.2 Å². The Hall–Kier alpha value is -1.62. The Kier molecular flexibility index (Phi) is 5.58. The molecule has 1 aromatic rings. The molecule has 0 spiro atoms. The van der Waals surface area contributed by atoms with Gasteiger partial charge in [-0.25, -0.2) is 4.79 Å². The summed E-state index contributed by atoms with van der Waals surface area (Å²) in [6.07, 6.45) is 3.42. The van der Waals surface area contributed by atoms with E-state index in [2.05, 4.69) is 0 Å². The zero-order valence-electron chi connectivity index (χ0n) is 10.5. The van der Waals surface area contributed by atoms with Crippen LogP contribution in [-0.2, 0) is 4.79 Å². The maximum atomic E-state index is 12.2. The number of carboxylic acids is 1. The number of thiophene rings is 1. The predicted octanol–water partition coefficient (Wildman–Crippen LogP) is 2.72. The van der Waals surface area contributed by atoms with Crippen LogP contribution in [0.5, 0.6) is 0 Å².